The van der Waals surface area contributed by atoms with Gasteiger partial charge in [0.05, 0.1) is 6.42 Å². The molecule has 1 fully saturated rings. The lowest BCUT2D eigenvalue weighted by atomic mass is 9.99. The van der Waals surface area contributed by atoms with Gasteiger partial charge in [-0.05, 0) is 18.4 Å². The van der Waals surface area contributed by atoms with Crippen molar-refractivity contribution in [2.24, 2.45) is 5.92 Å². The van der Waals surface area contributed by atoms with E-state index in [1.54, 1.807) is 0 Å². The molecule has 1 aromatic carbocycles. The van der Waals surface area contributed by atoms with Gasteiger partial charge in [-0.1, -0.05) is 36.8 Å². The molecule has 0 unspecified atom stereocenters. The molecule has 1 aliphatic heterocycles. The van der Waals surface area contributed by atoms with E-state index in [4.69, 9.17) is 4.74 Å². The third-order valence-electron chi connectivity index (χ3n) is 3.31. The Bertz CT molecular complexity index is 430. The minimum absolute atomic E-state index is 0.0193. The van der Waals surface area contributed by atoms with E-state index >= 15 is 0 Å². The maximum atomic E-state index is 11.7. The van der Waals surface area contributed by atoms with Gasteiger partial charge in [0.25, 0.3) is 0 Å². The Hall–Kier alpha value is -1.84. The lowest BCUT2D eigenvalue weighted by molar-refractivity contribution is -0.148. The molecule has 1 aromatic rings. The van der Waals surface area contributed by atoms with Crippen LogP contribution < -0.4 is 5.32 Å². The SMILES string of the molecule is O=C(C[C@@H]1CCCCNC1=O)OCc1ccccc1. The number of hydrogen-bond acceptors (Lipinski definition) is 3. The summed E-state index contributed by atoms with van der Waals surface area (Å²) in [6.45, 7) is 0.989. The van der Waals surface area contributed by atoms with Crippen molar-refractivity contribution in [2.45, 2.75) is 32.3 Å². The molecular formula is C15H19NO3. The number of ether oxygens (including phenoxy) is 1. The van der Waals surface area contributed by atoms with Gasteiger partial charge in [-0.15, -0.1) is 0 Å². The van der Waals surface area contributed by atoms with Gasteiger partial charge >= 0.3 is 5.97 Å². The normalized spacial score (nSPS) is 19.4. The number of benzene rings is 1. The standard InChI is InChI=1S/C15H19NO3/c17-14(19-11-12-6-2-1-3-7-12)10-13-8-4-5-9-16-15(13)18/h1-3,6-7,13H,4-5,8-11H2,(H,16,18)/t13-/m0/s1. The number of nitrogens with one attached hydrogen (secondary N) is 1. The molecule has 0 bridgehead atoms. The minimum Gasteiger partial charge on any atom is -0.461 e. The molecule has 4 heteroatoms. The smallest absolute Gasteiger partial charge is 0.306 e. The molecule has 0 aliphatic carbocycles. The molecule has 102 valence electrons. The van der Waals surface area contributed by atoms with Crippen molar-refractivity contribution in [3.05, 3.63) is 35.9 Å². The summed E-state index contributed by atoms with van der Waals surface area (Å²) in [6, 6.07) is 9.54. The third kappa shape index (κ3) is 4.39. The van der Waals surface area contributed by atoms with Crippen LogP contribution in [0, 0.1) is 5.92 Å². The van der Waals surface area contributed by atoms with E-state index in [-0.39, 0.29) is 30.8 Å². The fourth-order valence-corrected chi connectivity index (χ4v) is 2.20. The molecule has 19 heavy (non-hydrogen) atoms. The zero-order valence-electron chi connectivity index (χ0n) is 10.9. The van der Waals surface area contributed by atoms with E-state index in [0.717, 1.165) is 24.8 Å². The summed E-state index contributed by atoms with van der Waals surface area (Å²) in [5.41, 5.74) is 0.959. The molecule has 0 spiro atoms. The number of rotatable bonds is 4. The van der Waals surface area contributed by atoms with Crippen LogP contribution in [0.1, 0.15) is 31.2 Å². The van der Waals surface area contributed by atoms with Gasteiger partial charge in [0.15, 0.2) is 0 Å². The highest BCUT2D eigenvalue weighted by Crippen LogP contribution is 2.17. The summed E-state index contributed by atoms with van der Waals surface area (Å²) in [5, 5.41) is 2.83. The highest BCUT2D eigenvalue weighted by molar-refractivity contribution is 5.83. The summed E-state index contributed by atoms with van der Waals surface area (Å²) in [4.78, 5) is 23.4. The molecule has 0 radical (unpaired) electrons. The number of amides is 1. The largest absolute Gasteiger partial charge is 0.461 e. The monoisotopic (exact) mass is 261 g/mol. The topological polar surface area (TPSA) is 55.4 Å². The van der Waals surface area contributed by atoms with Crippen molar-refractivity contribution in [3.63, 3.8) is 0 Å². The molecule has 0 aromatic heterocycles. The van der Waals surface area contributed by atoms with Crippen LogP contribution in [0.5, 0.6) is 0 Å². The molecule has 1 amide bonds. The van der Waals surface area contributed by atoms with E-state index in [1.165, 1.54) is 0 Å². The highest BCUT2D eigenvalue weighted by Gasteiger charge is 2.23. The number of carbonyl (C=O) groups excluding carboxylic acids is 2. The number of esters is 1. The summed E-state index contributed by atoms with van der Waals surface area (Å²) < 4.78 is 5.20. The first kappa shape index (κ1) is 13.6. The van der Waals surface area contributed by atoms with Crippen molar-refractivity contribution in [1.82, 2.24) is 5.32 Å². The lowest BCUT2D eigenvalue weighted by Crippen LogP contribution is -2.30. The van der Waals surface area contributed by atoms with Crippen molar-refractivity contribution >= 4 is 11.9 Å². The number of hydrogen-bond donors (Lipinski definition) is 1. The Morgan fingerprint density at radius 1 is 1.26 bits per heavy atom. The Morgan fingerprint density at radius 3 is 2.84 bits per heavy atom. The Kier molecular flexibility index (Phi) is 4.95. The fraction of sp³-hybridized carbons (Fsp3) is 0.467. The highest BCUT2D eigenvalue weighted by atomic mass is 16.5. The second-order valence-electron chi connectivity index (χ2n) is 4.83. The molecule has 1 heterocycles. The zero-order chi connectivity index (χ0) is 13.5. The predicted octanol–water partition coefficient (Wildman–Crippen LogP) is 2.04. The van der Waals surface area contributed by atoms with Crippen LogP contribution in [-0.2, 0) is 20.9 Å². The Balaban J connectivity index is 1.79. The maximum Gasteiger partial charge on any atom is 0.306 e. The van der Waals surface area contributed by atoms with Crippen LogP contribution in [-0.4, -0.2) is 18.4 Å². The minimum atomic E-state index is -0.300. The average molecular weight is 261 g/mol. The molecule has 2 rings (SSSR count). The second-order valence-corrected chi connectivity index (χ2v) is 4.83. The van der Waals surface area contributed by atoms with Gasteiger partial charge in [-0.3, -0.25) is 9.59 Å². The maximum absolute atomic E-state index is 11.7. The average Bonchev–Trinajstić information content (AvgIpc) is 2.63. The van der Waals surface area contributed by atoms with Crippen LogP contribution in [0.3, 0.4) is 0 Å². The molecule has 1 N–H and O–H groups in total. The van der Waals surface area contributed by atoms with Gasteiger partial charge in [0, 0.05) is 12.5 Å². The summed E-state index contributed by atoms with van der Waals surface area (Å²) in [7, 11) is 0. The molecule has 1 saturated heterocycles. The first-order chi connectivity index (χ1) is 9.25. The fourth-order valence-electron chi connectivity index (χ4n) is 2.20. The Labute approximate surface area is 113 Å². The lowest BCUT2D eigenvalue weighted by Gasteiger charge is -2.12. The van der Waals surface area contributed by atoms with Crippen molar-refractivity contribution in [3.8, 4) is 0 Å². The zero-order valence-corrected chi connectivity index (χ0v) is 10.9. The first-order valence-corrected chi connectivity index (χ1v) is 6.73. The second kappa shape index (κ2) is 6.92. The third-order valence-corrected chi connectivity index (χ3v) is 3.31. The van der Waals surface area contributed by atoms with Crippen LogP contribution in [0.2, 0.25) is 0 Å². The van der Waals surface area contributed by atoms with Gasteiger partial charge < -0.3 is 10.1 Å². The van der Waals surface area contributed by atoms with E-state index < -0.39 is 0 Å². The molecule has 4 nitrogen and oxygen atoms in total. The van der Waals surface area contributed by atoms with E-state index in [0.29, 0.717) is 6.54 Å². The number of carbonyl (C=O) groups is 2. The van der Waals surface area contributed by atoms with Crippen molar-refractivity contribution < 1.29 is 14.3 Å². The van der Waals surface area contributed by atoms with Gasteiger partial charge in [0.1, 0.15) is 6.61 Å². The van der Waals surface area contributed by atoms with Gasteiger partial charge in [-0.25, -0.2) is 0 Å². The van der Waals surface area contributed by atoms with Crippen LogP contribution in [0.25, 0.3) is 0 Å². The van der Waals surface area contributed by atoms with E-state index in [9.17, 15) is 9.59 Å². The molecule has 1 aliphatic rings. The first-order valence-electron chi connectivity index (χ1n) is 6.73. The van der Waals surface area contributed by atoms with Gasteiger partial charge in [-0.2, -0.15) is 0 Å². The quantitative estimate of drug-likeness (QED) is 0.844. The molecule has 0 saturated carbocycles. The summed E-state index contributed by atoms with van der Waals surface area (Å²) in [6.07, 6.45) is 2.92. The van der Waals surface area contributed by atoms with Gasteiger partial charge in [0.2, 0.25) is 5.91 Å². The van der Waals surface area contributed by atoms with Crippen LogP contribution >= 0.6 is 0 Å². The van der Waals surface area contributed by atoms with E-state index in [1.807, 2.05) is 30.3 Å². The molecular weight excluding hydrogens is 242 g/mol. The van der Waals surface area contributed by atoms with Crippen molar-refractivity contribution in [1.29, 1.82) is 0 Å². The van der Waals surface area contributed by atoms with Crippen molar-refractivity contribution in [2.75, 3.05) is 6.54 Å². The Morgan fingerprint density at radius 2 is 2.05 bits per heavy atom. The van der Waals surface area contributed by atoms with Crippen LogP contribution in [0.15, 0.2) is 30.3 Å². The van der Waals surface area contributed by atoms with Crippen LogP contribution in [0.4, 0.5) is 0 Å². The predicted molar refractivity (Wildman–Crippen MR) is 71.2 cm³/mol. The van der Waals surface area contributed by atoms with E-state index in [2.05, 4.69) is 5.32 Å². The summed E-state index contributed by atoms with van der Waals surface area (Å²) >= 11 is 0. The summed E-state index contributed by atoms with van der Waals surface area (Å²) in [5.74, 6) is -0.550. The molecule has 1 atom stereocenters.